The van der Waals surface area contributed by atoms with Crippen LogP contribution in [-0.2, 0) is 11.3 Å². The zero-order valence-corrected chi connectivity index (χ0v) is 10.8. The Morgan fingerprint density at radius 3 is 3.06 bits per heavy atom. The third-order valence-electron chi connectivity index (χ3n) is 2.63. The number of hydrogen-bond donors (Lipinski definition) is 1. The molecular weight excluding hydrogens is 240 g/mol. The SMILES string of the molecule is CC1(C)CN(Cc2csc(C(=O)O)n2)CCO1. The lowest BCUT2D eigenvalue weighted by Gasteiger charge is -2.37. The summed E-state index contributed by atoms with van der Waals surface area (Å²) in [7, 11) is 0. The van der Waals surface area contributed by atoms with Gasteiger partial charge in [-0.1, -0.05) is 0 Å². The molecule has 17 heavy (non-hydrogen) atoms. The average molecular weight is 256 g/mol. The van der Waals surface area contributed by atoms with Crippen LogP contribution in [0.2, 0.25) is 0 Å². The van der Waals surface area contributed by atoms with E-state index in [1.54, 1.807) is 0 Å². The summed E-state index contributed by atoms with van der Waals surface area (Å²) in [6, 6.07) is 0. The van der Waals surface area contributed by atoms with E-state index < -0.39 is 5.97 Å². The fraction of sp³-hybridized carbons (Fsp3) is 0.636. The Labute approximate surface area is 104 Å². The Kier molecular flexibility index (Phi) is 3.46. The zero-order chi connectivity index (χ0) is 12.5. The molecule has 0 amide bonds. The van der Waals surface area contributed by atoms with Crippen molar-refractivity contribution in [2.45, 2.75) is 26.0 Å². The smallest absolute Gasteiger partial charge is 0.365 e. The molecule has 6 heteroatoms. The van der Waals surface area contributed by atoms with E-state index in [1.807, 2.05) is 5.38 Å². The number of morpholine rings is 1. The van der Waals surface area contributed by atoms with Crippen molar-refractivity contribution in [2.75, 3.05) is 19.7 Å². The summed E-state index contributed by atoms with van der Waals surface area (Å²) >= 11 is 1.18. The first kappa shape index (κ1) is 12.5. The molecular formula is C11H16N2O3S. The first-order valence-corrected chi connectivity index (χ1v) is 6.38. The second kappa shape index (κ2) is 4.72. The number of aromatic carboxylic acids is 1. The maximum Gasteiger partial charge on any atom is 0.365 e. The van der Waals surface area contributed by atoms with Gasteiger partial charge in [-0.15, -0.1) is 11.3 Å². The van der Waals surface area contributed by atoms with Gasteiger partial charge in [0.2, 0.25) is 5.01 Å². The molecule has 1 aliphatic heterocycles. The van der Waals surface area contributed by atoms with E-state index in [4.69, 9.17) is 9.84 Å². The number of ether oxygens (including phenoxy) is 1. The highest BCUT2D eigenvalue weighted by Gasteiger charge is 2.27. The van der Waals surface area contributed by atoms with Gasteiger partial charge in [-0.3, -0.25) is 4.90 Å². The lowest BCUT2D eigenvalue weighted by molar-refractivity contribution is -0.0885. The van der Waals surface area contributed by atoms with Crippen molar-refractivity contribution in [3.8, 4) is 0 Å². The van der Waals surface area contributed by atoms with Gasteiger partial charge >= 0.3 is 5.97 Å². The molecule has 2 heterocycles. The molecule has 0 unspecified atom stereocenters. The van der Waals surface area contributed by atoms with Crippen LogP contribution in [0.25, 0.3) is 0 Å². The van der Waals surface area contributed by atoms with E-state index in [0.29, 0.717) is 13.2 Å². The van der Waals surface area contributed by atoms with Crippen molar-refractivity contribution >= 4 is 17.3 Å². The van der Waals surface area contributed by atoms with E-state index >= 15 is 0 Å². The summed E-state index contributed by atoms with van der Waals surface area (Å²) in [5.41, 5.74) is 0.689. The molecule has 1 aromatic heterocycles. The molecule has 0 aliphatic carbocycles. The molecule has 0 saturated carbocycles. The van der Waals surface area contributed by atoms with Crippen LogP contribution >= 0.6 is 11.3 Å². The average Bonchev–Trinajstić information content (AvgIpc) is 2.64. The van der Waals surface area contributed by atoms with Crippen LogP contribution in [0, 0.1) is 0 Å². The van der Waals surface area contributed by atoms with Crippen molar-refractivity contribution < 1.29 is 14.6 Å². The minimum Gasteiger partial charge on any atom is -0.476 e. The van der Waals surface area contributed by atoms with Crippen LogP contribution in [0.3, 0.4) is 0 Å². The van der Waals surface area contributed by atoms with Crippen LogP contribution in [-0.4, -0.2) is 46.3 Å². The number of thiazole rings is 1. The summed E-state index contributed by atoms with van der Waals surface area (Å²) in [6.07, 6.45) is 0. The summed E-state index contributed by atoms with van der Waals surface area (Å²) < 4.78 is 5.62. The van der Waals surface area contributed by atoms with Gasteiger partial charge in [0.15, 0.2) is 0 Å². The second-order valence-electron chi connectivity index (χ2n) is 4.77. The number of carbonyl (C=O) groups is 1. The predicted molar refractivity (Wildman–Crippen MR) is 64.4 cm³/mol. The van der Waals surface area contributed by atoms with Crippen molar-refractivity contribution in [3.63, 3.8) is 0 Å². The molecule has 0 aromatic carbocycles. The second-order valence-corrected chi connectivity index (χ2v) is 5.63. The summed E-state index contributed by atoms with van der Waals surface area (Å²) in [5.74, 6) is -0.955. The van der Waals surface area contributed by atoms with Crippen LogP contribution in [0.5, 0.6) is 0 Å². The monoisotopic (exact) mass is 256 g/mol. The third-order valence-corrected chi connectivity index (χ3v) is 3.50. The highest BCUT2D eigenvalue weighted by Crippen LogP contribution is 2.19. The summed E-state index contributed by atoms with van der Waals surface area (Å²) in [5, 5.41) is 10.8. The number of carboxylic acid groups (broad SMARTS) is 1. The first-order valence-electron chi connectivity index (χ1n) is 5.50. The maximum atomic E-state index is 10.7. The van der Waals surface area contributed by atoms with Gasteiger partial charge in [-0.25, -0.2) is 9.78 Å². The van der Waals surface area contributed by atoms with Gasteiger partial charge in [0.05, 0.1) is 17.9 Å². The van der Waals surface area contributed by atoms with E-state index in [1.165, 1.54) is 11.3 Å². The number of rotatable bonds is 3. The molecule has 2 rings (SSSR count). The van der Waals surface area contributed by atoms with Gasteiger partial charge < -0.3 is 9.84 Å². The van der Waals surface area contributed by atoms with Crippen LogP contribution in [0.15, 0.2) is 5.38 Å². The Morgan fingerprint density at radius 1 is 1.71 bits per heavy atom. The van der Waals surface area contributed by atoms with Gasteiger partial charge in [0.25, 0.3) is 0 Å². The van der Waals surface area contributed by atoms with Crippen molar-refractivity contribution in [3.05, 3.63) is 16.1 Å². The highest BCUT2D eigenvalue weighted by atomic mass is 32.1. The molecule has 1 fully saturated rings. The summed E-state index contributed by atoms with van der Waals surface area (Å²) in [6.45, 7) is 7.22. The van der Waals surface area contributed by atoms with Gasteiger partial charge in [-0.05, 0) is 13.8 Å². The molecule has 94 valence electrons. The van der Waals surface area contributed by atoms with Crippen molar-refractivity contribution in [1.29, 1.82) is 0 Å². The largest absolute Gasteiger partial charge is 0.476 e. The molecule has 1 saturated heterocycles. The Morgan fingerprint density at radius 2 is 2.47 bits per heavy atom. The van der Waals surface area contributed by atoms with Crippen molar-refractivity contribution in [2.24, 2.45) is 0 Å². The third kappa shape index (κ3) is 3.24. The Bertz CT molecular complexity index is 417. The lowest BCUT2D eigenvalue weighted by atomic mass is 10.1. The standard InChI is InChI=1S/C11H16N2O3S/c1-11(2)7-13(3-4-16-11)5-8-6-17-9(12-8)10(14)15/h6H,3-5,7H2,1-2H3,(H,14,15). The Balaban J connectivity index is 1.98. The zero-order valence-electron chi connectivity index (χ0n) is 9.97. The summed E-state index contributed by atoms with van der Waals surface area (Å²) in [4.78, 5) is 17.1. The molecule has 1 aromatic rings. The molecule has 0 bridgehead atoms. The fourth-order valence-electron chi connectivity index (χ4n) is 1.96. The van der Waals surface area contributed by atoms with Crippen LogP contribution in [0.1, 0.15) is 29.3 Å². The minimum atomic E-state index is -0.955. The molecule has 1 aliphatic rings. The lowest BCUT2D eigenvalue weighted by Crippen LogP contribution is -2.47. The number of aromatic nitrogens is 1. The van der Waals surface area contributed by atoms with Crippen LogP contribution in [0.4, 0.5) is 0 Å². The van der Waals surface area contributed by atoms with E-state index in [9.17, 15) is 4.79 Å². The topological polar surface area (TPSA) is 62.7 Å². The molecule has 0 atom stereocenters. The van der Waals surface area contributed by atoms with E-state index in [-0.39, 0.29) is 10.6 Å². The van der Waals surface area contributed by atoms with Gasteiger partial charge in [0, 0.05) is 25.0 Å². The maximum absolute atomic E-state index is 10.7. The molecule has 1 N–H and O–H groups in total. The normalized spacial score (nSPS) is 20.4. The quantitative estimate of drug-likeness (QED) is 0.887. The van der Waals surface area contributed by atoms with Gasteiger partial charge in [-0.2, -0.15) is 0 Å². The number of hydrogen-bond acceptors (Lipinski definition) is 5. The number of carboxylic acids is 1. The van der Waals surface area contributed by atoms with E-state index in [2.05, 4.69) is 23.7 Å². The van der Waals surface area contributed by atoms with E-state index in [0.717, 1.165) is 18.8 Å². The first-order chi connectivity index (χ1) is 7.96. The Hall–Kier alpha value is -0.980. The number of nitrogens with zero attached hydrogens (tertiary/aromatic N) is 2. The van der Waals surface area contributed by atoms with Gasteiger partial charge in [0.1, 0.15) is 0 Å². The molecule has 5 nitrogen and oxygen atoms in total. The molecule has 0 spiro atoms. The molecule has 0 radical (unpaired) electrons. The highest BCUT2D eigenvalue weighted by molar-refractivity contribution is 7.11. The van der Waals surface area contributed by atoms with Crippen LogP contribution < -0.4 is 0 Å². The fourth-order valence-corrected chi connectivity index (χ4v) is 2.60. The van der Waals surface area contributed by atoms with Crippen molar-refractivity contribution in [1.82, 2.24) is 9.88 Å². The minimum absolute atomic E-state index is 0.135. The predicted octanol–water partition coefficient (Wildman–Crippen LogP) is 1.45.